The Kier molecular flexibility index (Phi) is 11.4. The van der Waals surface area contributed by atoms with Crippen LogP contribution in [0.5, 0.6) is 0 Å². The van der Waals surface area contributed by atoms with E-state index in [0.29, 0.717) is 13.1 Å². The summed E-state index contributed by atoms with van der Waals surface area (Å²) in [7, 11) is 0. The number of anilines is 2. The van der Waals surface area contributed by atoms with Gasteiger partial charge in [0.2, 0.25) is 0 Å². The number of nitrogen functional groups attached to an aromatic ring is 2. The second-order valence-electron chi connectivity index (χ2n) is 5.77. The first-order chi connectivity index (χ1) is 14.3. The van der Waals surface area contributed by atoms with Crippen LogP contribution in [0.2, 0.25) is 0 Å². The molecule has 0 aliphatic carbocycles. The lowest BCUT2D eigenvalue weighted by Crippen LogP contribution is -2.22. The number of carbonyl (C=O) groups is 1. The second kappa shape index (κ2) is 13.1. The molecule has 13 N–H and O–H groups in total. The van der Waals surface area contributed by atoms with Gasteiger partial charge in [-0.05, 0) is 35.4 Å². The predicted molar refractivity (Wildman–Crippen MR) is 114 cm³/mol. The lowest BCUT2D eigenvalue weighted by Gasteiger charge is -1.97. The number of hydrogen-bond donors (Lipinski definition) is 7. The Balaban J connectivity index is 0.000000454. The molecule has 0 bridgehead atoms. The summed E-state index contributed by atoms with van der Waals surface area (Å²) < 4.78 is 31.7. The molecule has 10 nitrogen and oxygen atoms in total. The Morgan fingerprint density at radius 3 is 1.19 bits per heavy atom. The third-order valence-electron chi connectivity index (χ3n) is 3.09. The van der Waals surface area contributed by atoms with Crippen LogP contribution in [0.3, 0.4) is 0 Å². The topological polar surface area (TPSA) is 218 Å². The Bertz CT molecular complexity index is 797. The molecule has 2 aromatic carbocycles. The van der Waals surface area contributed by atoms with Gasteiger partial charge in [0.05, 0.1) is 13.1 Å². The minimum atomic E-state index is -5.08. The van der Waals surface area contributed by atoms with Gasteiger partial charge in [-0.2, -0.15) is 13.2 Å². The number of carboxylic acids is 1. The number of hydrogen-bond acceptors (Lipinski definition) is 5. The van der Waals surface area contributed by atoms with Gasteiger partial charge in [-0.15, -0.1) is 0 Å². The van der Waals surface area contributed by atoms with Gasteiger partial charge < -0.3 is 39.5 Å². The number of alkyl halides is 3. The maximum Gasteiger partial charge on any atom is 0.490 e. The van der Waals surface area contributed by atoms with E-state index in [4.69, 9.17) is 44.3 Å². The zero-order chi connectivity index (χ0) is 24.0. The fourth-order valence-corrected chi connectivity index (χ4v) is 1.61. The molecule has 2 aromatic rings. The molecular weight excluding hydrogens is 417 g/mol. The van der Waals surface area contributed by atoms with Crippen LogP contribution >= 0.6 is 0 Å². The number of carboxylic acid groups (broad SMARTS) is 1. The van der Waals surface area contributed by atoms with Crippen molar-refractivity contribution in [2.45, 2.75) is 19.3 Å². The third kappa shape index (κ3) is 14.5. The van der Waals surface area contributed by atoms with Gasteiger partial charge in [0.15, 0.2) is 11.9 Å². The van der Waals surface area contributed by atoms with Crippen molar-refractivity contribution in [3.05, 3.63) is 59.7 Å². The zero-order valence-electron chi connectivity index (χ0n) is 16.4. The summed E-state index contributed by atoms with van der Waals surface area (Å²) in [6.45, 7) is 1.01. The Hall–Kier alpha value is -4.16. The summed E-state index contributed by atoms with van der Waals surface area (Å²) in [4.78, 5) is 16.6. The van der Waals surface area contributed by atoms with Gasteiger partial charge in [0.1, 0.15) is 0 Å². The van der Waals surface area contributed by atoms with Crippen LogP contribution in [0.1, 0.15) is 11.1 Å². The van der Waals surface area contributed by atoms with Crippen molar-refractivity contribution in [1.29, 1.82) is 0 Å². The molecule has 0 aliphatic rings. The Morgan fingerprint density at radius 2 is 1.00 bits per heavy atom. The van der Waals surface area contributed by atoms with Crippen LogP contribution in [0.15, 0.2) is 58.5 Å². The Labute approximate surface area is 176 Å². The van der Waals surface area contributed by atoms with E-state index < -0.39 is 12.1 Å². The summed E-state index contributed by atoms with van der Waals surface area (Å²) in [5.74, 6) is -2.55. The average Bonchev–Trinajstić information content (AvgIpc) is 2.67. The van der Waals surface area contributed by atoms with Gasteiger partial charge in [-0.25, -0.2) is 14.8 Å². The first-order valence-electron chi connectivity index (χ1n) is 8.41. The van der Waals surface area contributed by atoms with E-state index in [9.17, 15) is 13.2 Å². The van der Waals surface area contributed by atoms with Gasteiger partial charge in [-0.3, -0.25) is 0 Å². The average molecular weight is 442 g/mol. The third-order valence-corrected chi connectivity index (χ3v) is 3.09. The molecule has 0 aliphatic heterocycles. The van der Waals surface area contributed by atoms with Crippen LogP contribution in [0, 0.1) is 0 Å². The van der Waals surface area contributed by atoms with E-state index in [2.05, 4.69) is 9.98 Å². The molecule has 0 atom stereocenters. The van der Waals surface area contributed by atoms with Gasteiger partial charge in [-0.1, -0.05) is 24.3 Å². The summed E-state index contributed by atoms with van der Waals surface area (Å²) in [5.41, 5.74) is 35.2. The fraction of sp³-hybridized carbons (Fsp3) is 0.167. The lowest BCUT2D eigenvalue weighted by molar-refractivity contribution is -0.192. The van der Waals surface area contributed by atoms with Gasteiger partial charge in [0, 0.05) is 11.4 Å². The molecule has 0 unspecified atom stereocenters. The van der Waals surface area contributed by atoms with Gasteiger partial charge in [0.25, 0.3) is 0 Å². The van der Waals surface area contributed by atoms with Crippen molar-refractivity contribution in [3.63, 3.8) is 0 Å². The van der Waals surface area contributed by atoms with Crippen LogP contribution in [0.4, 0.5) is 24.5 Å². The standard InChI is InChI=1S/2C8H12N4.C2HF3O2/c2*9-7-3-1-6(2-4-7)5-12-8(10)11;3-2(4,5)1(6)7/h2*1-4H,5,9H2,(H4,10,11,12);(H,6,7). The second-order valence-corrected chi connectivity index (χ2v) is 5.77. The summed E-state index contributed by atoms with van der Waals surface area (Å²) in [6.07, 6.45) is -5.08. The molecule has 0 amide bonds. The molecule has 0 saturated carbocycles. The number of nitrogens with two attached hydrogens (primary N) is 6. The molecule has 0 radical (unpaired) electrons. The molecule has 13 heteroatoms. The van der Waals surface area contributed by atoms with Crippen molar-refractivity contribution in [3.8, 4) is 0 Å². The number of benzene rings is 2. The molecule has 170 valence electrons. The number of aliphatic imine (C=N–C) groups is 2. The van der Waals surface area contributed by atoms with E-state index in [1.54, 1.807) is 0 Å². The van der Waals surface area contributed by atoms with E-state index in [1.165, 1.54) is 0 Å². The normalized spacial score (nSPS) is 9.77. The van der Waals surface area contributed by atoms with E-state index >= 15 is 0 Å². The maximum absolute atomic E-state index is 10.6. The molecular formula is C18H25F3N8O2. The maximum atomic E-state index is 10.6. The Morgan fingerprint density at radius 1 is 0.742 bits per heavy atom. The van der Waals surface area contributed by atoms with Crippen molar-refractivity contribution in [2.24, 2.45) is 32.9 Å². The van der Waals surface area contributed by atoms with Crippen LogP contribution in [0.25, 0.3) is 0 Å². The molecule has 2 rings (SSSR count). The highest BCUT2D eigenvalue weighted by atomic mass is 19.4. The first-order valence-corrected chi connectivity index (χ1v) is 8.41. The highest BCUT2D eigenvalue weighted by molar-refractivity contribution is 5.76. The van der Waals surface area contributed by atoms with E-state index in [-0.39, 0.29) is 11.9 Å². The number of guanidine groups is 2. The largest absolute Gasteiger partial charge is 0.490 e. The molecule has 0 heterocycles. The lowest BCUT2D eigenvalue weighted by atomic mass is 10.2. The van der Waals surface area contributed by atoms with Crippen LogP contribution in [-0.4, -0.2) is 29.2 Å². The fourth-order valence-electron chi connectivity index (χ4n) is 1.61. The summed E-state index contributed by atoms with van der Waals surface area (Å²) >= 11 is 0. The number of nitrogens with zero attached hydrogens (tertiary/aromatic N) is 2. The smallest absolute Gasteiger partial charge is 0.475 e. The monoisotopic (exact) mass is 442 g/mol. The van der Waals surface area contributed by atoms with Crippen molar-refractivity contribution in [2.75, 3.05) is 11.5 Å². The number of aliphatic carboxylic acids is 1. The first kappa shape index (κ1) is 26.8. The van der Waals surface area contributed by atoms with Crippen molar-refractivity contribution < 1.29 is 23.1 Å². The summed E-state index contributed by atoms with van der Waals surface area (Å²) in [5, 5.41) is 7.12. The molecule has 31 heavy (non-hydrogen) atoms. The van der Waals surface area contributed by atoms with E-state index in [0.717, 1.165) is 22.5 Å². The van der Waals surface area contributed by atoms with E-state index in [1.807, 2.05) is 48.5 Å². The highest BCUT2D eigenvalue weighted by Crippen LogP contribution is 2.13. The number of halogens is 3. The molecule has 0 saturated heterocycles. The minimum Gasteiger partial charge on any atom is -0.475 e. The van der Waals surface area contributed by atoms with Gasteiger partial charge >= 0.3 is 12.1 Å². The van der Waals surface area contributed by atoms with Crippen LogP contribution in [-0.2, 0) is 17.9 Å². The molecule has 0 aromatic heterocycles. The quantitative estimate of drug-likeness (QED) is 0.203. The SMILES string of the molecule is NC(N)=NCc1ccc(N)cc1.NC(N)=NCc1ccc(N)cc1.O=C(O)C(F)(F)F. The van der Waals surface area contributed by atoms with Crippen LogP contribution < -0.4 is 34.4 Å². The minimum absolute atomic E-state index is 0.104. The van der Waals surface area contributed by atoms with Crippen molar-refractivity contribution >= 4 is 29.3 Å². The predicted octanol–water partition coefficient (Wildman–Crippen LogP) is 0.718. The van der Waals surface area contributed by atoms with Crippen molar-refractivity contribution in [1.82, 2.24) is 0 Å². The molecule has 0 fully saturated rings. The summed E-state index contributed by atoms with van der Waals surface area (Å²) in [6, 6.07) is 14.8. The number of rotatable bonds is 4. The zero-order valence-corrected chi connectivity index (χ0v) is 16.4. The molecule has 0 spiro atoms. The highest BCUT2D eigenvalue weighted by Gasteiger charge is 2.38.